The van der Waals surface area contributed by atoms with Gasteiger partial charge in [0, 0.05) is 30.1 Å². The van der Waals surface area contributed by atoms with Crippen molar-refractivity contribution in [1.82, 2.24) is 4.98 Å². The van der Waals surface area contributed by atoms with Gasteiger partial charge in [-0.25, -0.2) is 4.98 Å². The van der Waals surface area contributed by atoms with Gasteiger partial charge in [-0.15, -0.1) is 0 Å². The van der Waals surface area contributed by atoms with E-state index in [1.54, 1.807) is 6.20 Å². The first-order chi connectivity index (χ1) is 9.79. The molecule has 1 N–H and O–H groups in total. The van der Waals surface area contributed by atoms with Crippen molar-refractivity contribution >= 4 is 28.3 Å². The molecule has 0 fully saturated rings. The van der Waals surface area contributed by atoms with E-state index in [0.717, 1.165) is 28.8 Å². The number of hydrogen-bond donors (Lipinski definition) is 1. The van der Waals surface area contributed by atoms with E-state index in [9.17, 15) is 0 Å². The number of fused-ring (bicyclic) bond motifs is 1. The largest absolute Gasteiger partial charge is 0.461 e. The zero-order valence-electron chi connectivity index (χ0n) is 11.2. The molecular formula is C16H15ClN2O. The Balaban J connectivity index is 1.92. The zero-order valence-corrected chi connectivity index (χ0v) is 11.9. The summed E-state index contributed by atoms with van der Waals surface area (Å²) in [6.45, 7) is 2.77. The molecule has 0 radical (unpaired) electrons. The number of hydrogen-bond acceptors (Lipinski definition) is 3. The topological polar surface area (TPSA) is 38.1 Å². The lowest BCUT2D eigenvalue weighted by atomic mass is 10.1. The monoisotopic (exact) mass is 286 g/mol. The first-order valence-corrected chi connectivity index (χ1v) is 7.01. The minimum absolute atomic E-state index is 0.485. The highest BCUT2D eigenvalue weighted by Crippen LogP contribution is 2.28. The molecule has 3 rings (SSSR count). The molecule has 0 saturated heterocycles. The molecule has 0 bridgehead atoms. The predicted octanol–water partition coefficient (Wildman–Crippen LogP) is 4.66. The molecule has 0 amide bonds. The molecule has 0 aliphatic heterocycles. The fraction of sp³-hybridized carbons (Fsp3) is 0.188. The molecule has 20 heavy (non-hydrogen) atoms. The number of aromatic nitrogens is 1. The van der Waals surface area contributed by atoms with Crippen LogP contribution in [0.3, 0.4) is 0 Å². The Morgan fingerprint density at radius 1 is 1.20 bits per heavy atom. The number of rotatable bonds is 4. The molecule has 3 aromatic rings. The van der Waals surface area contributed by atoms with Crippen molar-refractivity contribution < 1.29 is 4.42 Å². The number of anilines is 1. The molecule has 0 aliphatic rings. The summed E-state index contributed by atoms with van der Waals surface area (Å²) in [6, 6.07) is 11.9. The highest BCUT2D eigenvalue weighted by molar-refractivity contribution is 6.31. The smallest absolute Gasteiger partial charge is 0.152 e. The molecule has 0 saturated carbocycles. The van der Waals surface area contributed by atoms with E-state index in [4.69, 9.17) is 16.0 Å². The third-order valence-corrected chi connectivity index (χ3v) is 3.62. The highest BCUT2D eigenvalue weighted by Gasteiger charge is 2.12. The van der Waals surface area contributed by atoms with Crippen molar-refractivity contribution in [2.75, 3.05) is 5.32 Å². The maximum atomic E-state index is 6.06. The third kappa shape index (κ3) is 2.37. The molecule has 0 unspecified atom stereocenters. The second kappa shape index (κ2) is 5.55. The summed E-state index contributed by atoms with van der Waals surface area (Å²) in [5.74, 6) is 1.01. The maximum absolute atomic E-state index is 6.06. The van der Waals surface area contributed by atoms with Crippen LogP contribution >= 0.6 is 11.6 Å². The summed E-state index contributed by atoms with van der Waals surface area (Å²) in [6.07, 6.45) is 2.55. The molecular weight excluding hydrogens is 272 g/mol. The first-order valence-electron chi connectivity index (χ1n) is 6.63. The standard InChI is InChI=1S/C16H15ClN2O/c1-2-14-12(11-6-3-4-8-15(11)20-14)10-19-13-7-5-9-18-16(13)17/h3-9,19H,2,10H2,1H3. The molecule has 0 atom stereocenters. The Morgan fingerprint density at radius 3 is 2.85 bits per heavy atom. The summed E-state index contributed by atoms with van der Waals surface area (Å²) in [5.41, 5.74) is 2.95. The number of furan rings is 1. The van der Waals surface area contributed by atoms with Crippen molar-refractivity contribution in [2.45, 2.75) is 19.9 Å². The fourth-order valence-corrected chi connectivity index (χ4v) is 2.52. The lowest BCUT2D eigenvalue weighted by Gasteiger charge is -2.07. The molecule has 1 aromatic carbocycles. The summed E-state index contributed by atoms with van der Waals surface area (Å²) in [7, 11) is 0. The van der Waals surface area contributed by atoms with E-state index in [1.165, 1.54) is 5.56 Å². The lowest BCUT2D eigenvalue weighted by molar-refractivity contribution is 0.551. The van der Waals surface area contributed by atoms with Gasteiger partial charge in [-0.05, 0) is 18.2 Å². The van der Waals surface area contributed by atoms with Crippen LogP contribution in [0.25, 0.3) is 11.0 Å². The van der Waals surface area contributed by atoms with Gasteiger partial charge < -0.3 is 9.73 Å². The Hall–Kier alpha value is -2.00. The van der Waals surface area contributed by atoms with Crippen LogP contribution < -0.4 is 5.32 Å². The van der Waals surface area contributed by atoms with Crippen LogP contribution in [0.2, 0.25) is 5.15 Å². The van der Waals surface area contributed by atoms with Gasteiger partial charge in [0.05, 0.1) is 5.69 Å². The van der Waals surface area contributed by atoms with Crippen LogP contribution in [0.5, 0.6) is 0 Å². The van der Waals surface area contributed by atoms with E-state index in [1.807, 2.05) is 30.3 Å². The average Bonchev–Trinajstić information content (AvgIpc) is 2.84. The van der Waals surface area contributed by atoms with Crippen LogP contribution in [0.4, 0.5) is 5.69 Å². The predicted molar refractivity (Wildman–Crippen MR) is 82.2 cm³/mol. The maximum Gasteiger partial charge on any atom is 0.152 e. The van der Waals surface area contributed by atoms with Gasteiger partial charge in [0.1, 0.15) is 11.3 Å². The Labute approximate surface area is 122 Å². The number of halogens is 1. The van der Waals surface area contributed by atoms with Gasteiger partial charge in [-0.1, -0.05) is 36.7 Å². The van der Waals surface area contributed by atoms with E-state index < -0.39 is 0 Å². The van der Waals surface area contributed by atoms with Gasteiger partial charge in [0.25, 0.3) is 0 Å². The van der Waals surface area contributed by atoms with Gasteiger partial charge >= 0.3 is 0 Å². The summed E-state index contributed by atoms with van der Waals surface area (Å²) in [5, 5.41) is 4.96. The highest BCUT2D eigenvalue weighted by atomic mass is 35.5. The Bertz CT molecular complexity index is 736. The third-order valence-electron chi connectivity index (χ3n) is 3.32. The number of nitrogens with zero attached hydrogens (tertiary/aromatic N) is 1. The molecule has 2 heterocycles. The van der Waals surface area contributed by atoms with Gasteiger partial charge in [0.2, 0.25) is 0 Å². The Kier molecular flexibility index (Phi) is 3.61. The van der Waals surface area contributed by atoms with E-state index in [-0.39, 0.29) is 0 Å². The second-order valence-corrected chi connectivity index (χ2v) is 4.91. The van der Waals surface area contributed by atoms with Crippen LogP contribution in [0.15, 0.2) is 47.0 Å². The van der Waals surface area contributed by atoms with Crippen molar-refractivity contribution in [1.29, 1.82) is 0 Å². The number of pyridine rings is 1. The number of benzene rings is 1. The molecule has 0 aliphatic carbocycles. The number of para-hydroxylation sites is 1. The van der Waals surface area contributed by atoms with Gasteiger partial charge in [0.15, 0.2) is 5.15 Å². The van der Waals surface area contributed by atoms with E-state index >= 15 is 0 Å². The SMILES string of the molecule is CCc1oc2ccccc2c1CNc1cccnc1Cl. The zero-order chi connectivity index (χ0) is 13.9. The molecule has 3 nitrogen and oxygen atoms in total. The van der Waals surface area contributed by atoms with Crippen LogP contribution in [-0.4, -0.2) is 4.98 Å². The van der Waals surface area contributed by atoms with Crippen LogP contribution in [0.1, 0.15) is 18.2 Å². The normalized spacial score (nSPS) is 10.9. The van der Waals surface area contributed by atoms with Gasteiger partial charge in [-0.3, -0.25) is 0 Å². The van der Waals surface area contributed by atoms with Crippen molar-refractivity contribution in [3.05, 3.63) is 59.1 Å². The quantitative estimate of drug-likeness (QED) is 0.709. The Morgan fingerprint density at radius 2 is 2.05 bits per heavy atom. The fourth-order valence-electron chi connectivity index (χ4n) is 2.33. The van der Waals surface area contributed by atoms with Crippen molar-refractivity contribution in [3.63, 3.8) is 0 Å². The average molecular weight is 287 g/mol. The van der Waals surface area contributed by atoms with E-state index in [2.05, 4.69) is 23.3 Å². The summed E-state index contributed by atoms with van der Waals surface area (Å²) in [4.78, 5) is 4.06. The molecule has 4 heteroatoms. The summed E-state index contributed by atoms with van der Waals surface area (Å²) >= 11 is 6.06. The summed E-state index contributed by atoms with van der Waals surface area (Å²) < 4.78 is 5.88. The molecule has 102 valence electrons. The van der Waals surface area contributed by atoms with E-state index in [0.29, 0.717) is 11.7 Å². The minimum atomic E-state index is 0.485. The molecule has 0 spiro atoms. The first kappa shape index (κ1) is 13.0. The number of aryl methyl sites for hydroxylation is 1. The van der Waals surface area contributed by atoms with Crippen LogP contribution in [-0.2, 0) is 13.0 Å². The minimum Gasteiger partial charge on any atom is -0.461 e. The van der Waals surface area contributed by atoms with Crippen molar-refractivity contribution in [2.24, 2.45) is 0 Å². The lowest BCUT2D eigenvalue weighted by Crippen LogP contribution is -2.02. The van der Waals surface area contributed by atoms with Crippen molar-refractivity contribution in [3.8, 4) is 0 Å². The molecule has 2 aromatic heterocycles. The number of nitrogens with one attached hydrogen (secondary N) is 1. The van der Waals surface area contributed by atoms with Crippen LogP contribution in [0, 0.1) is 0 Å². The second-order valence-electron chi connectivity index (χ2n) is 4.55. The van der Waals surface area contributed by atoms with Gasteiger partial charge in [-0.2, -0.15) is 0 Å².